The van der Waals surface area contributed by atoms with E-state index in [0.29, 0.717) is 29.1 Å². The van der Waals surface area contributed by atoms with Gasteiger partial charge in [0.1, 0.15) is 30.5 Å². The maximum atomic E-state index is 13.8. The molecule has 42 heavy (non-hydrogen) atoms. The van der Waals surface area contributed by atoms with E-state index in [2.05, 4.69) is 25.6 Å². The van der Waals surface area contributed by atoms with Gasteiger partial charge in [0, 0.05) is 47.5 Å². The molecule has 4 aromatic heterocycles. The number of carbonyl (C=O) groups excluding carboxylic acids is 1. The van der Waals surface area contributed by atoms with Crippen molar-refractivity contribution in [1.82, 2.24) is 34.4 Å². The van der Waals surface area contributed by atoms with Crippen molar-refractivity contribution in [3.8, 4) is 22.5 Å². The van der Waals surface area contributed by atoms with Gasteiger partial charge in [0.25, 0.3) is 5.91 Å². The predicted molar refractivity (Wildman–Crippen MR) is 152 cm³/mol. The maximum Gasteiger partial charge on any atom is 0.271 e. The monoisotopic (exact) mass is 574 g/mol. The van der Waals surface area contributed by atoms with Crippen molar-refractivity contribution in [1.29, 1.82) is 0 Å². The van der Waals surface area contributed by atoms with Crippen LogP contribution in [0.4, 0.5) is 19.0 Å². The number of halogens is 3. The van der Waals surface area contributed by atoms with E-state index >= 15 is 0 Å². The van der Waals surface area contributed by atoms with Crippen LogP contribution in [0.3, 0.4) is 0 Å². The summed E-state index contributed by atoms with van der Waals surface area (Å²) in [6.07, 6.45) is 7.58. The molecule has 0 atom stereocenters. The first kappa shape index (κ1) is 26.4. The highest BCUT2D eigenvalue weighted by Crippen LogP contribution is 2.66. The lowest BCUT2D eigenvalue weighted by molar-refractivity contribution is -0.145. The van der Waals surface area contributed by atoms with Crippen LogP contribution in [-0.2, 0) is 0 Å². The van der Waals surface area contributed by atoms with Gasteiger partial charge in [-0.05, 0) is 68.0 Å². The Bertz CT molecular complexity index is 1820. The number of aryl methyl sites for hydroxylation is 1. The van der Waals surface area contributed by atoms with Crippen LogP contribution >= 0.6 is 0 Å². The number of hydrogen-bond acceptors (Lipinski definition) is 6. The van der Waals surface area contributed by atoms with Crippen LogP contribution < -0.4 is 16.4 Å². The Hall–Kier alpha value is -4.45. The van der Waals surface area contributed by atoms with Gasteiger partial charge in [0.15, 0.2) is 11.5 Å². The average Bonchev–Trinajstić information content (AvgIpc) is 3.56. The van der Waals surface area contributed by atoms with Crippen LogP contribution in [0.15, 0.2) is 55.0 Å². The second-order valence-corrected chi connectivity index (χ2v) is 11.7. The zero-order valence-corrected chi connectivity index (χ0v) is 22.9. The summed E-state index contributed by atoms with van der Waals surface area (Å²) >= 11 is 0. The number of anilines is 1. The number of imidazole rings is 2. The van der Waals surface area contributed by atoms with E-state index in [-0.39, 0.29) is 34.2 Å². The van der Waals surface area contributed by atoms with Gasteiger partial charge in [-0.15, -0.1) is 0 Å². The van der Waals surface area contributed by atoms with Crippen LogP contribution in [-0.4, -0.2) is 61.1 Å². The van der Waals surface area contributed by atoms with Crippen LogP contribution in [0.25, 0.3) is 33.8 Å². The molecule has 3 aliphatic rings. The minimum Gasteiger partial charge on any atom is -0.381 e. The van der Waals surface area contributed by atoms with E-state index in [9.17, 15) is 18.0 Å². The molecule has 3 saturated carbocycles. The number of benzene rings is 1. The van der Waals surface area contributed by atoms with Gasteiger partial charge in [-0.3, -0.25) is 9.20 Å². The molecule has 216 valence electrons. The summed E-state index contributed by atoms with van der Waals surface area (Å²) in [6, 6.07) is 9.00. The number of amides is 1. The number of nitrogens with one attached hydrogen (secondary N) is 2. The molecule has 1 aromatic carbocycles. The van der Waals surface area contributed by atoms with Crippen molar-refractivity contribution in [3.05, 3.63) is 72.2 Å². The van der Waals surface area contributed by atoms with Gasteiger partial charge in [-0.1, -0.05) is 0 Å². The molecule has 3 fully saturated rings. The maximum absolute atomic E-state index is 13.8. The van der Waals surface area contributed by atoms with Crippen molar-refractivity contribution in [2.75, 3.05) is 25.6 Å². The molecule has 2 bridgehead atoms. The van der Waals surface area contributed by atoms with Crippen molar-refractivity contribution >= 4 is 23.0 Å². The van der Waals surface area contributed by atoms with Crippen molar-refractivity contribution in [3.63, 3.8) is 0 Å². The molecule has 0 saturated heterocycles. The fourth-order valence-electron chi connectivity index (χ4n) is 6.64. The van der Waals surface area contributed by atoms with Crippen molar-refractivity contribution in [2.24, 2.45) is 5.41 Å². The first-order valence-corrected chi connectivity index (χ1v) is 13.8. The Morgan fingerprint density at radius 1 is 1.02 bits per heavy atom. The lowest BCUT2D eigenvalue weighted by atomic mass is 9.39. The lowest BCUT2D eigenvalue weighted by Crippen LogP contribution is -2.77. The van der Waals surface area contributed by atoms with E-state index < -0.39 is 19.4 Å². The second-order valence-electron chi connectivity index (χ2n) is 11.7. The summed E-state index contributed by atoms with van der Waals surface area (Å²) in [5.74, 6) is -0.579. The summed E-state index contributed by atoms with van der Waals surface area (Å²) in [7, 11) is 0. The molecular formula is C30H29F3N8O. The molecule has 5 aromatic rings. The Morgan fingerprint density at radius 2 is 1.74 bits per heavy atom. The summed E-state index contributed by atoms with van der Waals surface area (Å²) in [6.45, 7) is 0.977. The van der Waals surface area contributed by atoms with E-state index in [0.717, 1.165) is 36.2 Å². The molecule has 12 heteroatoms. The van der Waals surface area contributed by atoms with Gasteiger partial charge < -0.3 is 20.8 Å². The fourth-order valence-corrected chi connectivity index (χ4v) is 6.64. The second kappa shape index (κ2) is 9.55. The highest BCUT2D eigenvalue weighted by molar-refractivity contribution is 5.95. The van der Waals surface area contributed by atoms with Crippen LogP contribution in [0, 0.1) is 18.2 Å². The lowest BCUT2D eigenvalue weighted by Gasteiger charge is -2.71. The summed E-state index contributed by atoms with van der Waals surface area (Å²) < 4.78 is 43.2. The Kier molecular flexibility index (Phi) is 6.01. The number of alkyl halides is 2. The summed E-state index contributed by atoms with van der Waals surface area (Å²) in [5.41, 5.74) is 10.8. The molecular weight excluding hydrogens is 545 g/mol. The first-order valence-electron chi connectivity index (χ1n) is 13.8. The number of hydrogen-bond donors (Lipinski definition) is 3. The highest BCUT2D eigenvalue weighted by atomic mass is 19.1. The average molecular weight is 575 g/mol. The number of nitrogens with two attached hydrogens (primary N) is 1. The number of fused-ring (bicyclic) bond motifs is 2. The Morgan fingerprint density at radius 3 is 2.45 bits per heavy atom. The standard InChI is InChI=1S/C30H29F3N8O/c1-17-10-35-23-7-4-19(11-40(17)23)25-24(18-2-5-20(33)6-3-18)38-26(34)27-37-22(12-41(25)27)28(42)39-30-13-29(14-30,15-30)16-36-21(8-31)9-32/h2-7,10-12,21,36H,8-9,13-16H2,1H3,(H2,34,38)(H,39,42). The van der Waals surface area contributed by atoms with Gasteiger partial charge >= 0.3 is 0 Å². The quantitative estimate of drug-likeness (QED) is 0.242. The molecule has 0 unspecified atom stereocenters. The molecule has 0 aliphatic heterocycles. The van der Waals surface area contributed by atoms with E-state index in [1.54, 1.807) is 28.9 Å². The molecule has 4 heterocycles. The molecule has 8 rings (SSSR count). The Labute approximate surface area is 239 Å². The normalized spacial score (nSPS) is 21.1. The van der Waals surface area contributed by atoms with Crippen molar-refractivity contribution in [2.45, 2.75) is 37.8 Å². The number of nitrogen functional groups attached to an aromatic ring is 1. The molecule has 9 nitrogen and oxygen atoms in total. The number of nitrogens with zero attached hydrogens (tertiary/aromatic N) is 5. The van der Waals surface area contributed by atoms with Crippen molar-refractivity contribution < 1.29 is 18.0 Å². The smallest absolute Gasteiger partial charge is 0.271 e. The minimum atomic E-state index is -0.783. The third-order valence-corrected chi connectivity index (χ3v) is 8.60. The van der Waals surface area contributed by atoms with Gasteiger partial charge in [-0.25, -0.2) is 28.1 Å². The third kappa shape index (κ3) is 4.20. The van der Waals surface area contributed by atoms with Crippen LogP contribution in [0.2, 0.25) is 0 Å². The molecule has 3 aliphatic carbocycles. The largest absolute Gasteiger partial charge is 0.381 e. The van der Waals surface area contributed by atoms with E-state index in [1.165, 1.54) is 12.1 Å². The summed E-state index contributed by atoms with van der Waals surface area (Å²) in [4.78, 5) is 27.1. The fraction of sp³-hybridized carbons (Fsp3) is 0.333. The number of carbonyl (C=O) groups is 1. The predicted octanol–water partition coefficient (Wildman–Crippen LogP) is 4.29. The minimum absolute atomic E-state index is 0.0372. The molecule has 4 N–H and O–H groups in total. The van der Waals surface area contributed by atoms with Crippen LogP contribution in [0.5, 0.6) is 0 Å². The van der Waals surface area contributed by atoms with Gasteiger partial charge in [-0.2, -0.15) is 0 Å². The number of pyridine rings is 1. The SMILES string of the molecule is Cc1cnc2ccc(-c3c(-c4ccc(F)cc4)nc(N)c4nc(C(=O)NC56CC(CNC(CF)CF)(C5)C6)cn34)cn12. The zero-order chi connectivity index (χ0) is 29.2. The van der Waals surface area contributed by atoms with Gasteiger partial charge in [0.05, 0.1) is 17.4 Å². The van der Waals surface area contributed by atoms with E-state index in [4.69, 9.17) is 5.73 Å². The molecule has 1 amide bonds. The topological polar surface area (TPSA) is 115 Å². The number of aromatic nitrogens is 5. The first-order chi connectivity index (χ1) is 20.2. The molecule has 0 radical (unpaired) electrons. The van der Waals surface area contributed by atoms with Gasteiger partial charge in [0.2, 0.25) is 0 Å². The van der Waals surface area contributed by atoms with E-state index in [1.807, 2.05) is 29.7 Å². The highest BCUT2D eigenvalue weighted by Gasteiger charge is 2.68. The Balaban J connectivity index is 1.23. The third-order valence-electron chi connectivity index (χ3n) is 8.60. The molecule has 0 spiro atoms. The zero-order valence-electron chi connectivity index (χ0n) is 22.9. The summed E-state index contributed by atoms with van der Waals surface area (Å²) in [5, 5.41) is 6.09. The van der Waals surface area contributed by atoms with Crippen LogP contribution in [0.1, 0.15) is 35.4 Å². The number of rotatable bonds is 9.